The number of halogens is 2. The Morgan fingerprint density at radius 3 is 2.33 bits per heavy atom. The molecule has 3 rings (SSSR count). The van der Waals surface area contributed by atoms with Gasteiger partial charge in [-0.05, 0) is 12.1 Å². The number of aliphatic hydroxyl groups excluding tert-OH is 1. The molecule has 3 aromatic rings. The summed E-state index contributed by atoms with van der Waals surface area (Å²) in [4.78, 5) is 3.98. The fourth-order valence-electron chi connectivity index (χ4n) is 2.74. The zero-order valence-corrected chi connectivity index (χ0v) is 14.2. The van der Waals surface area contributed by atoms with Crippen LogP contribution in [-0.4, -0.2) is 19.8 Å². The van der Waals surface area contributed by atoms with Gasteiger partial charge in [-0.15, -0.1) is 0 Å². The highest BCUT2D eigenvalue weighted by Gasteiger charge is 2.41. The van der Waals surface area contributed by atoms with Crippen LogP contribution in [0.2, 0.25) is 10.0 Å². The Bertz CT molecular complexity index is 823. The van der Waals surface area contributed by atoms with Crippen molar-refractivity contribution in [3.63, 3.8) is 0 Å². The first-order valence-corrected chi connectivity index (χ1v) is 8.13. The highest BCUT2D eigenvalue weighted by Crippen LogP contribution is 2.41. The summed E-state index contributed by atoms with van der Waals surface area (Å²) >= 11 is 12.5. The van der Waals surface area contributed by atoms with Crippen LogP contribution in [-0.2, 0) is 12.1 Å². The lowest BCUT2D eigenvalue weighted by atomic mass is 9.84. The lowest BCUT2D eigenvalue weighted by molar-refractivity contribution is -0.0945. The molecule has 0 aliphatic heterocycles. The molecule has 4 nitrogen and oxygen atoms in total. The second-order valence-corrected chi connectivity index (χ2v) is 6.38. The number of hydrogen-bond donors (Lipinski definition) is 2. The van der Waals surface area contributed by atoms with Crippen molar-refractivity contribution in [2.45, 2.75) is 18.2 Å². The van der Waals surface area contributed by atoms with Crippen LogP contribution in [0.3, 0.4) is 0 Å². The van der Waals surface area contributed by atoms with Gasteiger partial charge in [-0.25, -0.2) is 4.98 Å². The molecule has 0 saturated carbocycles. The minimum absolute atomic E-state index is 0.0725. The van der Waals surface area contributed by atoms with Gasteiger partial charge in [-0.1, -0.05) is 59.6 Å². The maximum Gasteiger partial charge on any atom is 0.139 e. The highest BCUT2D eigenvalue weighted by molar-refractivity contribution is 6.32. The van der Waals surface area contributed by atoms with Gasteiger partial charge in [0, 0.05) is 33.6 Å². The summed E-state index contributed by atoms with van der Waals surface area (Å²) in [6, 6.07) is 13.8. The molecule has 124 valence electrons. The Labute approximate surface area is 149 Å². The fraction of sp³-hybridized carbons (Fsp3) is 0.167. The van der Waals surface area contributed by atoms with E-state index in [-0.39, 0.29) is 6.54 Å². The topological polar surface area (TPSA) is 58.3 Å². The SMILES string of the molecule is O[C@@H](c1ccccc1Cl)[C@](O)(Cn1ccnc1)c1ccccc1Cl. The summed E-state index contributed by atoms with van der Waals surface area (Å²) in [6.07, 6.45) is 3.62. The Hall–Kier alpha value is -1.85. The molecule has 0 bridgehead atoms. The van der Waals surface area contributed by atoms with Crippen molar-refractivity contribution in [3.8, 4) is 0 Å². The van der Waals surface area contributed by atoms with Crippen molar-refractivity contribution < 1.29 is 10.2 Å². The van der Waals surface area contributed by atoms with Crippen LogP contribution >= 0.6 is 23.2 Å². The third kappa shape index (κ3) is 3.19. The number of imidazole rings is 1. The molecular weight excluding hydrogens is 347 g/mol. The van der Waals surface area contributed by atoms with Gasteiger partial charge in [0.1, 0.15) is 11.7 Å². The van der Waals surface area contributed by atoms with E-state index in [0.29, 0.717) is 21.2 Å². The van der Waals surface area contributed by atoms with E-state index in [9.17, 15) is 10.2 Å². The molecule has 0 aliphatic rings. The Balaban J connectivity index is 2.11. The van der Waals surface area contributed by atoms with Gasteiger partial charge in [-0.2, -0.15) is 0 Å². The summed E-state index contributed by atoms with van der Waals surface area (Å²) < 4.78 is 1.68. The largest absolute Gasteiger partial charge is 0.385 e. The summed E-state index contributed by atoms with van der Waals surface area (Å²) in [5.41, 5.74) is -0.821. The number of aromatic nitrogens is 2. The molecule has 0 fully saturated rings. The molecule has 2 N–H and O–H groups in total. The standard InChI is InChI=1S/C18H16Cl2N2O2/c19-15-7-3-1-5-13(15)17(23)18(24,11-22-10-9-21-12-22)14-6-2-4-8-16(14)20/h1-10,12,17,23-24H,11H2/t17-,18-/m0/s1. The summed E-state index contributed by atoms with van der Waals surface area (Å²) in [7, 11) is 0. The van der Waals surface area contributed by atoms with E-state index in [2.05, 4.69) is 4.98 Å². The van der Waals surface area contributed by atoms with E-state index in [4.69, 9.17) is 23.2 Å². The zero-order chi connectivity index (χ0) is 17.2. The molecule has 2 atom stereocenters. The molecule has 1 aromatic heterocycles. The van der Waals surface area contributed by atoms with Crippen LogP contribution in [0.5, 0.6) is 0 Å². The van der Waals surface area contributed by atoms with Gasteiger partial charge in [0.05, 0.1) is 12.9 Å². The van der Waals surface area contributed by atoms with E-state index in [1.165, 1.54) is 0 Å². The smallest absolute Gasteiger partial charge is 0.139 e. The van der Waals surface area contributed by atoms with Crippen LogP contribution in [0.1, 0.15) is 17.2 Å². The average Bonchev–Trinajstić information content (AvgIpc) is 3.07. The van der Waals surface area contributed by atoms with Gasteiger partial charge in [-0.3, -0.25) is 0 Å². The van der Waals surface area contributed by atoms with E-state index < -0.39 is 11.7 Å². The number of hydrogen-bond acceptors (Lipinski definition) is 3. The Morgan fingerprint density at radius 1 is 1.04 bits per heavy atom. The van der Waals surface area contributed by atoms with Crippen molar-refractivity contribution in [2.24, 2.45) is 0 Å². The quantitative estimate of drug-likeness (QED) is 0.725. The van der Waals surface area contributed by atoms with Crippen LogP contribution in [0.15, 0.2) is 67.3 Å². The summed E-state index contributed by atoms with van der Waals surface area (Å²) in [5.74, 6) is 0. The van der Waals surface area contributed by atoms with Crippen LogP contribution in [0.25, 0.3) is 0 Å². The third-order valence-corrected chi connectivity index (χ3v) is 4.65. The van der Waals surface area contributed by atoms with E-state index >= 15 is 0 Å². The zero-order valence-electron chi connectivity index (χ0n) is 12.7. The molecule has 0 radical (unpaired) electrons. The predicted molar refractivity (Wildman–Crippen MR) is 94.0 cm³/mol. The molecule has 0 saturated heterocycles. The molecule has 0 amide bonds. The van der Waals surface area contributed by atoms with Gasteiger partial charge in [0.25, 0.3) is 0 Å². The minimum Gasteiger partial charge on any atom is -0.385 e. The number of nitrogens with zero attached hydrogens (tertiary/aromatic N) is 2. The third-order valence-electron chi connectivity index (χ3n) is 3.98. The van der Waals surface area contributed by atoms with Crippen molar-refractivity contribution in [2.75, 3.05) is 0 Å². The molecule has 24 heavy (non-hydrogen) atoms. The highest BCUT2D eigenvalue weighted by atomic mass is 35.5. The van der Waals surface area contributed by atoms with Gasteiger partial charge in [0.2, 0.25) is 0 Å². The maximum absolute atomic E-state index is 11.4. The minimum atomic E-state index is -1.68. The van der Waals surface area contributed by atoms with Gasteiger partial charge in [0.15, 0.2) is 0 Å². The Kier molecular flexibility index (Phi) is 4.92. The van der Waals surface area contributed by atoms with Crippen LogP contribution in [0, 0.1) is 0 Å². The predicted octanol–water partition coefficient (Wildman–Crippen LogP) is 3.81. The van der Waals surface area contributed by atoms with Crippen LogP contribution in [0.4, 0.5) is 0 Å². The van der Waals surface area contributed by atoms with Gasteiger partial charge >= 0.3 is 0 Å². The van der Waals surface area contributed by atoms with Crippen molar-refractivity contribution >= 4 is 23.2 Å². The number of aliphatic hydroxyl groups is 2. The molecule has 0 unspecified atom stereocenters. The first kappa shape index (κ1) is 17.0. The van der Waals surface area contributed by atoms with Crippen LogP contribution < -0.4 is 0 Å². The summed E-state index contributed by atoms with van der Waals surface area (Å²) in [6.45, 7) is 0.0725. The van der Waals surface area contributed by atoms with Crippen molar-refractivity contribution in [1.82, 2.24) is 9.55 Å². The maximum atomic E-state index is 11.4. The molecule has 6 heteroatoms. The second kappa shape index (κ2) is 6.95. The van der Waals surface area contributed by atoms with E-state index in [1.807, 2.05) is 0 Å². The second-order valence-electron chi connectivity index (χ2n) is 5.56. The van der Waals surface area contributed by atoms with Crippen molar-refractivity contribution in [3.05, 3.63) is 88.4 Å². The Morgan fingerprint density at radius 2 is 1.71 bits per heavy atom. The first-order valence-electron chi connectivity index (χ1n) is 7.38. The molecule has 1 heterocycles. The molecule has 2 aromatic carbocycles. The summed E-state index contributed by atoms with van der Waals surface area (Å²) in [5, 5.41) is 23.2. The van der Waals surface area contributed by atoms with E-state index in [1.54, 1.807) is 71.8 Å². The average molecular weight is 363 g/mol. The van der Waals surface area contributed by atoms with E-state index in [0.717, 1.165) is 0 Å². The van der Waals surface area contributed by atoms with Gasteiger partial charge < -0.3 is 14.8 Å². The number of rotatable bonds is 5. The van der Waals surface area contributed by atoms with Crippen molar-refractivity contribution in [1.29, 1.82) is 0 Å². The molecular formula is C18H16Cl2N2O2. The fourth-order valence-corrected chi connectivity index (χ4v) is 3.28. The lowest BCUT2D eigenvalue weighted by Gasteiger charge is -2.35. The number of benzene rings is 2. The monoisotopic (exact) mass is 362 g/mol. The first-order chi connectivity index (χ1) is 11.5. The molecule has 0 spiro atoms. The molecule has 0 aliphatic carbocycles. The lowest BCUT2D eigenvalue weighted by Crippen LogP contribution is -2.38. The normalized spacial score (nSPS) is 15.0.